The topological polar surface area (TPSA) is 84.5 Å². The molecule has 1 amide bonds. The van der Waals surface area contributed by atoms with Crippen molar-refractivity contribution in [1.82, 2.24) is 0 Å². The van der Waals surface area contributed by atoms with Gasteiger partial charge >= 0.3 is 6.18 Å². The number of anilines is 2. The van der Waals surface area contributed by atoms with Gasteiger partial charge in [0.05, 0.1) is 21.2 Å². The van der Waals surface area contributed by atoms with Crippen molar-refractivity contribution in [3.63, 3.8) is 0 Å². The number of rotatable bonds is 7. The molecule has 0 atom stereocenters. The summed E-state index contributed by atoms with van der Waals surface area (Å²) in [6, 6.07) is 14.9. The van der Waals surface area contributed by atoms with Gasteiger partial charge < -0.3 is 10.1 Å². The van der Waals surface area contributed by atoms with Crippen LogP contribution in [0.25, 0.3) is 0 Å². The highest BCUT2D eigenvalue weighted by molar-refractivity contribution is 7.92. The van der Waals surface area contributed by atoms with Crippen LogP contribution < -0.4 is 14.8 Å². The van der Waals surface area contributed by atoms with Gasteiger partial charge in [0, 0.05) is 5.69 Å². The zero-order valence-corrected chi connectivity index (χ0v) is 18.7. The molecule has 0 aliphatic carbocycles. The maximum Gasteiger partial charge on any atom is 0.418 e. The van der Waals surface area contributed by atoms with E-state index in [0.717, 1.165) is 23.8 Å². The van der Waals surface area contributed by atoms with Gasteiger partial charge in [-0.3, -0.25) is 9.52 Å². The van der Waals surface area contributed by atoms with Crippen LogP contribution in [0, 0.1) is 6.92 Å². The van der Waals surface area contributed by atoms with Gasteiger partial charge in [0.1, 0.15) is 5.75 Å². The number of hydrogen-bond acceptors (Lipinski definition) is 4. The zero-order valence-electron chi connectivity index (χ0n) is 17.1. The van der Waals surface area contributed by atoms with Crippen LogP contribution in [0.3, 0.4) is 0 Å². The predicted molar refractivity (Wildman–Crippen MR) is 119 cm³/mol. The second-order valence-electron chi connectivity index (χ2n) is 6.94. The molecule has 3 aromatic rings. The summed E-state index contributed by atoms with van der Waals surface area (Å²) in [4.78, 5) is 11.9. The van der Waals surface area contributed by atoms with Crippen molar-refractivity contribution in [3.05, 3.63) is 82.9 Å². The Labute approximate surface area is 193 Å². The van der Waals surface area contributed by atoms with E-state index in [9.17, 15) is 26.4 Å². The summed E-state index contributed by atoms with van der Waals surface area (Å²) in [5, 5.41) is 2.05. The molecule has 0 radical (unpaired) electrons. The van der Waals surface area contributed by atoms with E-state index < -0.39 is 40.0 Å². The lowest BCUT2D eigenvalue weighted by Gasteiger charge is -2.14. The molecule has 0 saturated heterocycles. The smallest absolute Gasteiger partial charge is 0.418 e. The third kappa shape index (κ3) is 6.39. The van der Waals surface area contributed by atoms with Gasteiger partial charge in [0.15, 0.2) is 6.61 Å². The summed E-state index contributed by atoms with van der Waals surface area (Å²) in [5.74, 6) is -0.856. The van der Waals surface area contributed by atoms with Crippen LogP contribution in [0.15, 0.2) is 71.6 Å². The molecule has 0 fully saturated rings. The van der Waals surface area contributed by atoms with Gasteiger partial charge in [0.25, 0.3) is 15.9 Å². The van der Waals surface area contributed by atoms with Gasteiger partial charge in [-0.15, -0.1) is 0 Å². The summed E-state index contributed by atoms with van der Waals surface area (Å²) in [7, 11) is -3.93. The van der Waals surface area contributed by atoms with Crippen molar-refractivity contribution in [1.29, 1.82) is 0 Å². The minimum atomic E-state index is -4.64. The lowest BCUT2D eigenvalue weighted by molar-refractivity contribution is -0.137. The van der Waals surface area contributed by atoms with E-state index in [1.807, 2.05) is 6.92 Å². The Morgan fingerprint density at radius 2 is 1.70 bits per heavy atom. The molecule has 0 saturated carbocycles. The summed E-state index contributed by atoms with van der Waals surface area (Å²) in [5.41, 5.74) is -0.0679. The van der Waals surface area contributed by atoms with E-state index in [4.69, 9.17) is 16.3 Å². The molecule has 0 aromatic heterocycles. The van der Waals surface area contributed by atoms with E-state index in [2.05, 4.69) is 10.0 Å². The number of hydrogen-bond donors (Lipinski definition) is 2. The maximum atomic E-state index is 13.0. The van der Waals surface area contributed by atoms with Gasteiger partial charge in [-0.1, -0.05) is 41.4 Å². The Morgan fingerprint density at radius 3 is 2.33 bits per heavy atom. The Bertz CT molecular complexity index is 1260. The first-order valence-electron chi connectivity index (χ1n) is 9.43. The standard InChI is InChI=1S/C22H18ClF3N2O4S/c1-14-6-8-15(9-7-14)28-33(30,31)16-10-11-20(18(23)12-16)32-13-21(29)27-19-5-3-2-4-17(19)22(24,25)26/h2-12,28H,13H2,1H3,(H,27,29). The van der Waals surface area contributed by atoms with Gasteiger partial charge in [-0.05, 0) is 49.4 Å². The maximum absolute atomic E-state index is 13.0. The predicted octanol–water partition coefficient (Wildman–Crippen LogP) is 5.49. The van der Waals surface area contributed by atoms with Gasteiger partial charge in [-0.2, -0.15) is 13.2 Å². The minimum Gasteiger partial charge on any atom is -0.482 e. The fourth-order valence-corrected chi connectivity index (χ4v) is 4.15. The highest BCUT2D eigenvalue weighted by Gasteiger charge is 2.33. The average Bonchev–Trinajstić information content (AvgIpc) is 2.74. The molecule has 0 aliphatic rings. The number of nitrogens with one attached hydrogen (secondary N) is 2. The second kappa shape index (κ2) is 9.72. The number of amides is 1. The van der Waals surface area contributed by atoms with E-state index in [1.54, 1.807) is 24.3 Å². The van der Waals surface area contributed by atoms with Crippen LogP contribution in [0.1, 0.15) is 11.1 Å². The quantitative estimate of drug-likeness (QED) is 0.451. The lowest BCUT2D eigenvalue weighted by Crippen LogP contribution is -2.22. The van der Waals surface area contributed by atoms with Crippen molar-refractivity contribution in [2.75, 3.05) is 16.6 Å². The fourth-order valence-electron chi connectivity index (χ4n) is 2.77. The lowest BCUT2D eigenvalue weighted by atomic mass is 10.1. The van der Waals surface area contributed by atoms with Crippen LogP contribution in [-0.4, -0.2) is 20.9 Å². The molecule has 0 heterocycles. The number of halogens is 4. The van der Waals surface area contributed by atoms with E-state index in [-0.39, 0.29) is 15.7 Å². The molecule has 174 valence electrons. The monoisotopic (exact) mass is 498 g/mol. The molecule has 3 rings (SSSR count). The first-order chi connectivity index (χ1) is 15.5. The number of aryl methyl sites for hydroxylation is 1. The average molecular weight is 499 g/mol. The Hall–Kier alpha value is -3.24. The second-order valence-corrected chi connectivity index (χ2v) is 9.03. The summed E-state index contributed by atoms with van der Waals surface area (Å²) in [6.45, 7) is 1.23. The van der Waals surface area contributed by atoms with Crippen LogP contribution in [-0.2, 0) is 21.0 Å². The summed E-state index contributed by atoms with van der Waals surface area (Å²) in [6.07, 6.45) is -4.64. The van der Waals surface area contributed by atoms with Crippen molar-refractivity contribution in [2.24, 2.45) is 0 Å². The number of para-hydroxylation sites is 1. The highest BCUT2D eigenvalue weighted by Crippen LogP contribution is 2.34. The summed E-state index contributed by atoms with van der Waals surface area (Å²) < 4.78 is 71.9. The first-order valence-corrected chi connectivity index (χ1v) is 11.3. The molecule has 0 unspecified atom stereocenters. The number of benzene rings is 3. The molecular weight excluding hydrogens is 481 g/mol. The Morgan fingerprint density at radius 1 is 1.03 bits per heavy atom. The number of ether oxygens (including phenoxy) is 1. The number of alkyl halides is 3. The van der Waals surface area contributed by atoms with Crippen LogP contribution in [0.5, 0.6) is 5.75 Å². The molecular formula is C22H18ClF3N2O4S. The van der Waals surface area contributed by atoms with E-state index in [0.29, 0.717) is 5.69 Å². The third-order valence-corrected chi connectivity index (χ3v) is 6.06. The number of carbonyl (C=O) groups is 1. The third-order valence-electron chi connectivity index (χ3n) is 4.38. The molecule has 0 bridgehead atoms. The minimum absolute atomic E-state index is 0.00907. The van der Waals surface area contributed by atoms with Crippen molar-refractivity contribution in [3.8, 4) is 5.75 Å². The van der Waals surface area contributed by atoms with Crippen molar-refractivity contribution < 1.29 is 31.1 Å². The Kier molecular flexibility index (Phi) is 7.19. The molecule has 2 N–H and O–H groups in total. The zero-order chi connectivity index (χ0) is 24.2. The van der Waals surface area contributed by atoms with Crippen molar-refractivity contribution >= 4 is 38.9 Å². The molecule has 0 spiro atoms. The van der Waals surface area contributed by atoms with E-state index in [1.165, 1.54) is 24.3 Å². The fraction of sp³-hybridized carbons (Fsp3) is 0.136. The summed E-state index contributed by atoms with van der Waals surface area (Å²) >= 11 is 6.09. The molecule has 0 aliphatic heterocycles. The molecule has 33 heavy (non-hydrogen) atoms. The molecule has 11 heteroatoms. The molecule has 6 nitrogen and oxygen atoms in total. The SMILES string of the molecule is Cc1ccc(NS(=O)(=O)c2ccc(OCC(=O)Nc3ccccc3C(F)(F)F)c(Cl)c2)cc1. The largest absolute Gasteiger partial charge is 0.482 e. The number of carbonyl (C=O) groups excluding carboxylic acids is 1. The number of sulfonamides is 1. The van der Waals surface area contributed by atoms with Crippen LogP contribution >= 0.6 is 11.6 Å². The Balaban J connectivity index is 1.66. The van der Waals surface area contributed by atoms with Crippen LogP contribution in [0.2, 0.25) is 5.02 Å². The van der Waals surface area contributed by atoms with Crippen molar-refractivity contribution in [2.45, 2.75) is 18.0 Å². The molecule has 3 aromatic carbocycles. The van der Waals surface area contributed by atoms with E-state index >= 15 is 0 Å². The van der Waals surface area contributed by atoms with Gasteiger partial charge in [0.2, 0.25) is 0 Å². The van der Waals surface area contributed by atoms with Crippen LogP contribution in [0.4, 0.5) is 24.5 Å². The first kappa shape index (κ1) is 24.4. The normalized spacial score (nSPS) is 11.7. The van der Waals surface area contributed by atoms with Gasteiger partial charge in [-0.25, -0.2) is 8.42 Å². The highest BCUT2D eigenvalue weighted by atomic mass is 35.5.